The molecule has 1 aromatic heterocycles. The molecule has 1 aromatic rings. The molecule has 0 amide bonds. The third kappa shape index (κ3) is 2.74. The van der Waals surface area contributed by atoms with E-state index >= 15 is 0 Å². The number of hydrogen-bond donors (Lipinski definition) is 1. The summed E-state index contributed by atoms with van der Waals surface area (Å²) in [5, 5.41) is 10.7. The number of likely N-dealkylation sites (N-methyl/N-ethyl adjacent to an activating group) is 1. The van der Waals surface area contributed by atoms with Gasteiger partial charge in [0.1, 0.15) is 6.23 Å². The van der Waals surface area contributed by atoms with Crippen molar-refractivity contribution in [1.82, 2.24) is 9.88 Å². The van der Waals surface area contributed by atoms with Crippen LogP contribution in [-0.2, 0) is 6.18 Å². The number of anilines is 2. The van der Waals surface area contributed by atoms with E-state index < -0.39 is 31.0 Å². The fraction of sp³-hybridized carbons (Fsp3) is 0.667. The summed E-state index contributed by atoms with van der Waals surface area (Å²) in [6.07, 6.45) is -5.41. The van der Waals surface area contributed by atoms with Crippen LogP contribution in [0.15, 0.2) is 12.3 Å². The van der Waals surface area contributed by atoms with Gasteiger partial charge >= 0.3 is 6.18 Å². The van der Waals surface area contributed by atoms with E-state index in [0.29, 0.717) is 30.7 Å². The van der Waals surface area contributed by atoms with Crippen LogP contribution in [0.2, 0.25) is 0 Å². The van der Waals surface area contributed by atoms with Crippen LogP contribution in [0, 0.1) is 0 Å². The maximum atomic E-state index is 13.1. The van der Waals surface area contributed by atoms with Gasteiger partial charge in [-0.15, -0.1) is 0 Å². The van der Waals surface area contributed by atoms with Crippen LogP contribution in [0.1, 0.15) is 23.5 Å². The van der Waals surface area contributed by atoms with Crippen LogP contribution >= 0.6 is 0 Å². The molecule has 3 rings (SSSR count). The van der Waals surface area contributed by atoms with E-state index in [1.807, 2.05) is 13.8 Å². The Bertz CT molecular complexity index is 683. The van der Waals surface area contributed by atoms with Gasteiger partial charge in [0.25, 0.3) is 0 Å². The van der Waals surface area contributed by atoms with Crippen LogP contribution in [0.5, 0.6) is 0 Å². The molecule has 0 aromatic carbocycles. The van der Waals surface area contributed by atoms with Crippen LogP contribution < -0.4 is 9.80 Å². The number of fused-ring (bicyclic) bond motifs is 3. The first-order valence-corrected chi connectivity index (χ1v) is 7.46. The number of alkyl halides is 3. The van der Waals surface area contributed by atoms with Crippen molar-refractivity contribution in [2.24, 2.45) is 0 Å². The molecule has 8 heteroatoms. The van der Waals surface area contributed by atoms with Gasteiger partial charge in [0.2, 0.25) is 0 Å². The summed E-state index contributed by atoms with van der Waals surface area (Å²) in [5.74, 6) is 0.160. The fourth-order valence-electron chi connectivity index (χ4n) is 3.13. The first kappa shape index (κ1) is 12.8. The number of nitrogens with zero attached hydrogens (tertiary/aromatic N) is 4. The maximum absolute atomic E-state index is 13.1. The van der Waals surface area contributed by atoms with E-state index in [1.54, 1.807) is 4.90 Å². The number of hydrogen-bond acceptors (Lipinski definition) is 5. The highest BCUT2D eigenvalue weighted by atomic mass is 19.4. The Morgan fingerprint density at radius 2 is 2.13 bits per heavy atom. The monoisotopic (exact) mass is 333 g/mol. The number of aliphatic hydroxyl groups is 1. The Labute approximate surface area is 137 Å². The molecule has 5 nitrogen and oxygen atoms in total. The molecule has 1 saturated heterocycles. The first-order chi connectivity index (χ1) is 11.9. The highest BCUT2D eigenvalue weighted by Crippen LogP contribution is 2.40. The second-order valence-electron chi connectivity index (χ2n) is 6.20. The molecule has 3 heterocycles. The van der Waals surface area contributed by atoms with Crippen LogP contribution in [-0.4, -0.2) is 59.9 Å². The molecule has 2 atom stereocenters. The second-order valence-corrected chi connectivity index (χ2v) is 6.20. The summed E-state index contributed by atoms with van der Waals surface area (Å²) < 4.78 is 62.3. The van der Waals surface area contributed by atoms with Gasteiger partial charge < -0.3 is 14.9 Å². The van der Waals surface area contributed by atoms with Gasteiger partial charge in [-0.05, 0) is 19.9 Å². The minimum atomic E-state index is -4.65. The summed E-state index contributed by atoms with van der Waals surface area (Å²) in [5.41, 5.74) is -1.27. The molecule has 23 heavy (non-hydrogen) atoms. The van der Waals surface area contributed by atoms with Gasteiger partial charge in [0.15, 0.2) is 5.82 Å². The van der Waals surface area contributed by atoms with E-state index in [1.165, 1.54) is 0 Å². The Morgan fingerprint density at radius 1 is 1.39 bits per heavy atom. The number of halogens is 3. The lowest BCUT2D eigenvalue weighted by Gasteiger charge is -2.51. The number of piperazine rings is 1. The normalized spacial score (nSPS) is 28.0. The molecule has 0 aliphatic carbocycles. The van der Waals surface area contributed by atoms with Gasteiger partial charge in [0.05, 0.1) is 17.3 Å². The molecular weight excluding hydrogens is 309 g/mol. The molecule has 2 aliphatic rings. The lowest BCUT2D eigenvalue weighted by atomic mass is 10.0. The Morgan fingerprint density at radius 3 is 2.74 bits per heavy atom. The SMILES string of the molecule is [2H]C([2H])([2H])N1c2cc(C(F)(F)F)cnc2N2CCN(C(C)C)C[C@H]2C1O. The van der Waals surface area contributed by atoms with E-state index in [-0.39, 0.29) is 17.5 Å². The predicted molar refractivity (Wildman–Crippen MR) is 81.5 cm³/mol. The van der Waals surface area contributed by atoms with Gasteiger partial charge in [-0.1, -0.05) is 0 Å². The van der Waals surface area contributed by atoms with Gasteiger partial charge in [0, 0.05) is 43.0 Å². The van der Waals surface area contributed by atoms with Gasteiger partial charge in [-0.2, -0.15) is 13.2 Å². The average Bonchev–Trinajstić information content (AvgIpc) is 2.52. The van der Waals surface area contributed by atoms with Crippen LogP contribution in [0.3, 0.4) is 0 Å². The molecule has 0 saturated carbocycles. The molecule has 1 unspecified atom stereocenters. The largest absolute Gasteiger partial charge is 0.417 e. The fourth-order valence-corrected chi connectivity index (χ4v) is 3.13. The highest BCUT2D eigenvalue weighted by Gasteiger charge is 2.42. The molecule has 1 N–H and O–H groups in total. The summed E-state index contributed by atoms with van der Waals surface area (Å²) in [6.45, 7) is 2.68. The van der Waals surface area contributed by atoms with Crippen molar-refractivity contribution < 1.29 is 22.4 Å². The zero-order chi connectivity index (χ0) is 19.4. The lowest BCUT2D eigenvalue weighted by molar-refractivity contribution is -0.137. The third-order valence-corrected chi connectivity index (χ3v) is 4.50. The van der Waals surface area contributed by atoms with Crippen molar-refractivity contribution in [1.29, 1.82) is 0 Å². The zero-order valence-corrected chi connectivity index (χ0v) is 12.9. The first-order valence-electron chi connectivity index (χ1n) is 8.96. The number of rotatable bonds is 1. The van der Waals surface area contributed by atoms with Crippen molar-refractivity contribution >= 4 is 11.5 Å². The van der Waals surface area contributed by atoms with E-state index in [9.17, 15) is 18.3 Å². The summed E-state index contributed by atoms with van der Waals surface area (Å²) in [4.78, 5) is 8.40. The van der Waals surface area contributed by atoms with E-state index in [0.717, 1.165) is 6.07 Å². The maximum Gasteiger partial charge on any atom is 0.417 e. The molecule has 0 spiro atoms. The minimum Gasteiger partial charge on any atom is -0.371 e. The Kier molecular flexibility index (Phi) is 3.08. The van der Waals surface area contributed by atoms with Gasteiger partial charge in [-0.3, -0.25) is 4.90 Å². The van der Waals surface area contributed by atoms with Crippen molar-refractivity contribution in [2.75, 3.05) is 36.4 Å². The summed E-state index contributed by atoms with van der Waals surface area (Å²) in [6, 6.07) is 0.360. The molecule has 0 radical (unpaired) electrons. The van der Waals surface area contributed by atoms with Crippen molar-refractivity contribution in [3.8, 4) is 0 Å². The lowest BCUT2D eigenvalue weighted by Crippen LogP contribution is -2.65. The average molecular weight is 333 g/mol. The topological polar surface area (TPSA) is 42.8 Å². The van der Waals surface area contributed by atoms with E-state index in [4.69, 9.17) is 4.11 Å². The van der Waals surface area contributed by atoms with E-state index in [2.05, 4.69) is 9.88 Å². The third-order valence-electron chi connectivity index (χ3n) is 4.50. The predicted octanol–water partition coefficient (Wildman–Crippen LogP) is 1.77. The number of pyridine rings is 1. The zero-order valence-electron chi connectivity index (χ0n) is 15.9. The molecule has 1 fully saturated rings. The number of aliphatic hydroxyl groups excluding tert-OH is 1. The Balaban J connectivity index is 2.10. The van der Waals surface area contributed by atoms with Crippen molar-refractivity contribution in [2.45, 2.75) is 38.3 Å². The van der Waals surface area contributed by atoms with Crippen LogP contribution in [0.25, 0.3) is 0 Å². The Hall–Kier alpha value is -1.54. The van der Waals surface area contributed by atoms with Crippen LogP contribution in [0.4, 0.5) is 24.7 Å². The van der Waals surface area contributed by atoms with Gasteiger partial charge in [-0.25, -0.2) is 4.98 Å². The second kappa shape index (κ2) is 5.52. The van der Waals surface area contributed by atoms with Crippen molar-refractivity contribution in [3.05, 3.63) is 17.8 Å². The minimum absolute atomic E-state index is 0.160. The summed E-state index contributed by atoms with van der Waals surface area (Å²) in [7, 11) is 0. The quantitative estimate of drug-likeness (QED) is 0.848. The molecular formula is C15H21F3N4O. The smallest absolute Gasteiger partial charge is 0.371 e. The molecule has 0 bridgehead atoms. The molecule has 2 aliphatic heterocycles. The summed E-state index contributed by atoms with van der Waals surface area (Å²) >= 11 is 0. The highest BCUT2D eigenvalue weighted by molar-refractivity contribution is 5.71. The number of aromatic nitrogens is 1. The standard InChI is InChI=1S/C15H21F3N4O/c1-9(2)21-4-5-22-12(8-21)14(23)20(3)11-6-10(15(16,17)18)7-19-13(11)22/h6-7,9,12,14,23H,4-5,8H2,1-3H3/t12-,14?/m0/s1/i3D3. The molecule has 128 valence electrons. The van der Waals surface area contributed by atoms with Crippen molar-refractivity contribution in [3.63, 3.8) is 0 Å².